The third-order valence-corrected chi connectivity index (χ3v) is 7.15. The maximum absolute atomic E-state index is 12.8. The fourth-order valence-corrected chi connectivity index (χ4v) is 4.99. The number of benzene rings is 1. The second-order valence-corrected chi connectivity index (χ2v) is 9.10. The Hall–Kier alpha value is -2.50. The van der Waals surface area contributed by atoms with Crippen molar-refractivity contribution in [1.82, 2.24) is 10.2 Å². The van der Waals surface area contributed by atoms with Gasteiger partial charge in [-0.15, -0.1) is 0 Å². The van der Waals surface area contributed by atoms with Crippen molar-refractivity contribution in [2.45, 2.75) is 77.4 Å². The largest absolute Gasteiger partial charge is 0.349 e. The van der Waals surface area contributed by atoms with Crippen molar-refractivity contribution in [3.05, 3.63) is 34.9 Å². The molecule has 1 N–H and O–H groups in total. The maximum atomic E-state index is 12.8. The first-order chi connectivity index (χ1) is 13.8. The third kappa shape index (κ3) is 3.61. The summed E-state index contributed by atoms with van der Waals surface area (Å²) in [4.78, 5) is 50.9. The molecule has 154 valence electrons. The number of hydrogen-bond acceptors (Lipinski definition) is 4. The molecule has 2 saturated carbocycles. The van der Waals surface area contributed by atoms with E-state index in [1.165, 1.54) is 12.8 Å². The number of ketones is 2. The van der Waals surface area contributed by atoms with Gasteiger partial charge in [-0.05, 0) is 55.4 Å². The molecular formula is C23H28N2O4. The lowest BCUT2D eigenvalue weighted by atomic mass is 9.81. The van der Waals surface area contributed by atoms with Gasteiger partial charge in [0.1, 0.15) is 5.78 Å². The van der Waals surface area contributed by atoms with Crippen LogP contribution in [-0.2, 0) is 16.1 Å². The van der Waals surface area contributed by atoms with E-state index in [0.717, 1.165) is 18.4 Å². The average Bonchev–Trinajstić information content (AvgIpc) is 3.26. The highest BCUT2D eigenvalue weighted by atomic mass is 16.2. The fourth-order valence-electron chi connectivity index (χ4n) is 4.99. The van der Waals surface area contributed by atoms with Gasteiger partial charge in [0, 0.05) is 30.1 Å². The molecule has 2 aliphatic carbocycles. The molecule has 0 saturated heterocycles. The van der Waals surface area contributed by atoms with Gasteiger partial charge in [-0.2, -0.15) is 0 Å². The minimum Gasteiger partial charge on any atom is -0.349 e. The van der Waals surface area contributed by atoms with Crippen molar-refractivity contribution in [2.24, 2.45) is 5.41 Å². The molecule has 6 heteroatoms. The molecule has 0 spiro atoms. The van der Waals surface area contributed by atoms with Crippen molar-refractivity contribution >= 4 is 23.4 Å². The van der Waals surface area contributed by atoms with E-state index in [1.54, 1.807) is 23.1 Å². The number of nitrogens with one attached hydrogen (secondary N) is 1. The van der Waals surface area contributed by atoms with E-state index in [0.29, 0.717) is 30.5 Å². The highest BCUT2D eigenvalue weighted by Gasteiger charge is 2.39. The molecule has 6 nitrogen and oxygen atoms in total. The topological polar surface area (TPSA) is 83.6 Å². The normalized spacial score (nSPS) is 24.6. The molecule has 1 heterocycles. The lowest BCUT2D eigenvalue weighted by Gasteiger charge is -2.32. The molecule has 1 aromatic carbocycles. The molecule has 1 unspecified atom stereocenters. The molecule has 2 atom stereocenters. The minimum absolute atomic E-state index is 0.0561. The van der Waals surface area contributed by atoms with Gasteiger partial charge in [0.2, 0.25) is 0 Å². The van der Waals surface area contributed by atoms with Crippen LogP contribution in [0, 0.1) is 5.41 Å². The van der Waals surface area contributed by atoms with Crippen LogP contribution >= 0.6 is 0 Å². The summed E-state index contributed by atoms with van der Waals surface area (Å²) in [7, 11) is 0. The van der Waals surface area contributed by atoms with E-state index in [9.17, 15) is 19.2 Å². The van der Waals surface area contributed by atoms with Gasteiger partial charge in [-0.25, -0.2) is 0 Å². The quantitative estimate of drug-likeness (QED) is 0.793. The summed E-state index contributed by atoms with van der Waals surface area (Å²) in [5.41, 5.74) is 1.99. The molecular weight excluding hydrogens is 368 g/mol. The smallest absolute Gasteiger partial charge is 0.255 e. The predicted octanol–water partition coefficient (Wildman–Crippen LogP) is 3.03. The molecule has 3 aliphatic rings. The molecule has 1 aliphatic heterocycles. The van der Waals surface area contributed by atoms with Gasteiger partial charge in [-0.3, -0.25) is 19.2 Å². The Balaban J connectivity index is 1.48. The molecule has 4 rings (SSSR count). The Bertz CT molecular complexity index is 885. The van der Waals surface area contributed by atoms with Crippen LogP contribution in [0.15, 0.2) is 18.2 Å². The summed E-state index contributed by atoms with van der Waals surface area (Å²) in [6, 6.07) is 4.69. The Morgan fingerprint density at radius 1 is 1.21 bits per heavy atom. The van der Waals surface area contributed by atoms with Gasteiger partial charge in [-0.1, -0.05) is 19.8 Å². The van der Waals surface area contributed by atoms with Gasteiger partial charge in [0.25, 0.3) is 11.8 Å². The zero-order valence-corrected chi connectivity index (χ0v) is 17.1. The lowest BCUT2D eigenvalue weighted by molar-refractivity contribution is -0.133. The standard InChI is InChI=1S/C23H28N2O4/c1-14(23(2)9-3-4-10-23)24-21(28)15-5-7-18-16(11-15)13-25(22(18)29)19-8-6-17(26)12-20(19)27/h5,7,11,14,19H,3-4,6,8-10,12-13H2,1-2H3,(H,24,28)/t14-,19?/m0/s1. The van der Waals surface area contributed by atoms with Gasteiger partial charge >= 0.3 is 0 Å². The van der Waals surface area contributed by atoms with Crippen LogP contribution in [0.4, 0.5) is 0 Å². The van der Waals surface area contributed by atoms with Crippen LogP contribution in [0.1, 0.15) is 85.1 Å². The van der Waals surface area contributed by atoms with Crippen LogP contribution < -0.4 is 5.32 Å². The highest BCUT2D eigenvalue weighted by molar-refractivity contribution is 6.08. The van der Waals surface area contributed by atoms with Crippen molar-refractivity contribution in [3.8, 4) is 0 Å². The van der Waals surface area contributed by atoms with Crippen LogP contribution in [0.5, 0.6) is 0 Å². The monoisotopic (exact) mass is 396 g/mol. The number of rotatable bonds is 4. The van der Waals surface area contributed by atoms with E-state index >= 15 is 0 Å². The van der Waals surface area contributed by atoms with E-state index in [1.807, 2.05) is 0 Å². The first kappa shape index (κ1) is 19.8. The summed E-state index contributed by atoms with van der Waals surface area (Å²) in [6.07, 6.45) is 5.30. The summed E-state index contributed by atoms with van der Waals surface area (Å²) in [6.45, 7) is 4.61. The van der Waals surface area contributed by atoms with Gasteiger partial charge < -0.3 is 10.2 Å². The average molecular weight is 396 g/mol. The number of carbonyl (C=O) groups excluding carboxylic acids is 4. The van der Waals surface area contributed by atoms with Crippen molar-refractivity contribution in [3.63, 3.8) is 0 Å². The predicted molar refractivity (Wildman–Crippen MR) is 107 cm³/mol. The van der Waals surface area contributed by atoms with Gasteiger partial charge in [0.05, 0.1) is 12.5 Å². The van der Waals surface area contributed by atoms with Gasteiger partial charge in [0.15, 0.2) is 5.78 Å². The molecule has 2 fully saturated rings. The summed E-state index contributed by atoms with van der Waals surface area (Å²) in [5, 5.41) is 3.14. The van der Waals surface area contributed by atoms with E-state index in [4.69, 9.17) is 0 Å². The number of nitrogens with zero attached hydrogens (tertiary/aromatic N) is 1. The van der Waals surface area contributed by atoms with E-state index in [2.05, 4.69) is 19.2 Å². The van der Waals surface area contributed by atoms with E-state index in [-0.39, 0.29) is 41.3 Å². The zero-order valence-electron chi connectivity index (χ0n) is 17.1. The maximum Gasteiger partial charge on any atom is 0.255 e. The molecule has 1 aromatic rings. The van der Waals surface area contributed by atoms with Crippen LogP contribution in [0.2, 0.25) is 0 Å². The summed E-state index contributed by atoms with van der Waals surface area (Å²) in [5.74, 6) is -0.552. The summed E-state index contributed by atoms with van der Waals surface area (Å²) >= 11 is 0. The SMILES string of the molecule is C[C@H](NC(=O)c1ccc2c(c1)CN(C1CCC(=O)CC1=O)C2=O)C1(C)CCCC1. The summed E-state index contributed by atoms with van der Waals surface area (Å²) < 4.78 is 0. The highest BCUT2D eigenvalue weighted by Crippen LogP contribution is 2.40. The number of hydrogen-bond donors (Lipinski definition) is 1. The number of Topliss-reactive ketones (excluding diaryl/α,β-unsaturated/α-hetero) is 2. The van der Waals surface area contributed by atoms with Crippen molar-refractivity contribution < 1.29 is 19.2 Å². The van der Waals surface area contributed by atoms with Crippen LogP contribution in [0.3, 0.4) is 0 Å². The van der Waals surface area contributed by atoms with Crippen LogP contribution in [-0.4, -0.2) is 40.4 Å². The Morgan fingerprint density at radius 2 is 1.93 bits per heavy atom. The number of amides is 2. The molecule has 2 amide bonds. The number of carbonyl (C=O) groups is 4. The lowest BCUT2D eigenvalue weighted by Crippen LogP contribution is -2.44. The second kappa shape index (κ2) is 7.39. The molecule has 0 aromatic heterocycles. The van der Waals surface area contributed by atoms with E-state index < -0.39 is 6.04 Å². The number of fused-ring (bicyclic) bond motifs is 1. The van der Waals surface area contributed by atoms with Crippen molar-refractivity contribution in [1.29, 1.82) is 0 Å². The Labute approximate surface area is 171 Å². The third-order valence-electron chi connectivity index (χ3n) is 7.15. The first-order valence-corrected chi connectivity index (χ1v) is 10.6. The zero-order chi connectivity index (χ0) is 20.8. The van der Waals surface area contributed by atoms with Crippen molar-refractivity contribution in [2.75, 3.05) is 0 Å². The Morgan fingerprint density at radius 3 is 2.62 bits per heavy atom. The second-order valence-electron chi connectivity index (χ2n) is 9.10. The van der Waals surface area contributed by atoms with Crippen LogP contribution in [0.25, 0.3) is 0 Å². The fraction of sp³-hybridized carbons (Fsp3) is 0.565. The molecule has 0 bridgehead atoms. The minimum atomic E-state index is -0.535. The Kier molecular flexibility index (Phi) is 5.05. The first-order valence-electron chi connectivity index (χ1n) is 10.6. The molecule has 29 heavy (non-hydrogen) atoms. The molecule has 0 radical (unpaired) electrons.